The number of terminal acetylenes is 1. The van der Waals surface area contributed by atoms with Gasteiger partial charge in [0, 0.05) is 0 Å². The van der Waals surface area contributed by atoms with E-state index < -0.39 is 17.7 Å². The summed E-state index contributed by atoms with van der Waals surface area (Å²) in [5.74, 6) is 1.08. The molecule has 0 aromatic heterocycles. The molecule has 3 heteroatoms. The SMILES string of the molecule is C#CC(NC)c1c(F)ccc(C)c1F. The van der Waals surface area contributed by atoms with Crippen LogP contribution in [0.4, 0.5) is 8.78 Å². The first-order valence-corrected chi connectivity index (χ1v) is 4.19. The van der Waals surface area contributed by atoms with E-state index in [2.05, 4.69) is 11.2 Å². The Morgan fingerprint density at radius 1 is 1.43 bits per heavy atom. The van der Waals surface area contributed by atoms with Crippen LogP contribution < -0.4 is 5.32 Å². The molecule has 1 unspecified atom stereocenters. The molecule has 1 nitrogen and oxygen atoms in total. The highest BCUT2D eigenvalue weighted by Crippen LogP contribution is 2.22. The first-order chi connectivity index (χ1) is 6.61. The van der Waals surface area contributed by atoms with Gasteiger partial charge in [0.1, 0.15) is 11.6 Å². The Labute approximate surface area is 82.1 Å². The van der Waals surface area contributed by atoms with Crippen LogP contribution in [0.5, 0.6) is 0 Å². The van der Waals surface area contributed by atoms with E-state index in [4.69, 9.17) is 6.42 Å². The lowest BCUT2D eigenvalue weighted by Crippen LogP contribution is -2.17. The molecule has 0 bridgehead atoms. The number of aryl methyl sites for hydroxylation is 1. The van der Waals surface area contributed by atoms with Gasteiger partial charge in [-0.05, 0) is 25.6 Å². The van der Waals surface area contributed by atoms with E-state index in [0.717, 1.165) is 0 Å². The molecule has 0 aliphatic rings. The van der Waals surface area contributed by atoms with Gasteiger partial charge in [-0.15, -0.1) is 6.42 Å². The summed E-state index contributed by atoms with van der Waals surface area (Å²) in [5.41, 5.74) is 0.298. The molecule has 0 fully saturated rings. The molecule has 0 heterocycles. The number of hydrogen-bond acceptors (Lipinski definition) is 1. The van der Waals surface area contributed by atoms with Crippen LogP contribution in [-0.2, 0) is 0 Å². The zero-order chi connectivity index (χ0) is 10.7. The fourth-order valence-electron chi connectivity index (χ4n) is 1.25. The molecule has 14 heavy (non-hydrogen) atoms. The van der Waals surface area contributed by atoms with E-state index in [0.29, 0.717) is 5.56 Å². The van der Waals surface area contributed by atoms with Crippen LogP contribution in [0.1, 0.15) is 17.2 Å². The molecule has 1 atom stereocenters. The van der Waals surface area contributed by atoms with Crippen molar-refractivity contribution in [1.82, 2.24) is 5.32 Å². The van der Waals surface area contributed by atoms with E-state index in [1.165, 1.54) is 12.1 Å². The van der Waals surface area contributed by atoms with Crippen molar-refractivity contribution in [1.29, 1.82) is 0 Å². The van der Waals surface area contributed by atoms with Crippen molar-refractivity contribution in [3.63, 3.8) is 0 Å². The Balaban J connectivity index is 3.32. The summed E-state index contributed by atoms with van der Waals surface area (Å²) >= 11 is 0. The Morgan fingerprint density at radius 2 is 2.07 bits per heavy atom. The predicted octanol–water partition coefficient (Wildman–Crippen LogP) is 2.17. The second-order valence-electron chi connectivity index (χ2n) is 2.98. The third kappa shape index (κ3) is 1.75. The molecule has 0 aliphatic carbocycles. The summed E-state index contributed by atoms with van der Waals surface area (Å²) in [6.45, 7) is 1.57. The van der Waals surface area contributed by atoms with Crippen molar-refractivity contribution in [2.75, 3.05) is 7.05 Å². The molecule has 0 aliphatic heterocycles. The summed E-state index contributed by atoms with van der Waals surface area (Å²) in [7, 11) is 1.56. The molecule has 1 aromatic carbocycles. The fraction of sp³-hybridized carbons (Fsp3) is 0.273. The number of hydrogen-bond donors (Lipinski definition) is 1. The number of halogens is 2. The largest absolute Gasteiger partial charge is 0.303 e. The minimum Gasteiger partial charge on any atom is -0.303 e. The highest BCUT2D eigenvalue weighted by Gasteiger charge is 2.17. The van der Waals surface area contributed by atoms with Crippen LogP contribution in [0.25, 0.3) is 0 Å². The highest BCUT2D eigenvalue weighted by molar-refractivity contribution is 5.33. The molecule has 74 valence electrons. The standard InChI is InChI=1S/C11H11F2N/c1-4-9(14-3)10-8(12)6-5-7(2)11(10)13/h1,5-6,9,14H,2-3H3. The summed E-state index contributed by atoms with van der Waals surface area (Å²) in [6.07, 6.45) is 5.16. The Hall–Kier alpha value is -1.40. The smallest absolute Gasteiger partial charge is 0.134 e. The Kier molecular flexibility index (Phi) is 3.21. The third-order valence-corrected chi connectivity index (χ3v) is 2.06. The molecule has 0 radical (unpaired) electrons. The zero-order valence-electron chi connectivity index (χ0n) is 8.07. The van der Waals surface area contributed by atoms with Gasteiger partial charge in [0.05, 0.1) is 11.6 Å². The lowest BCUT2D eigenvalue weighted by atomic mass is 10.0. The Bertz CT molecular complexity index is 380. The number of nitrogens with one attached hydrogen (secondary N) is 1. The molecule has 0 saturated heterocycles. The molecule has 0 amide bonds. The van der Waals surface area contributed by atoms with E-state index in [-0.39, 0.29) is 5.56 Å². The van der Waals surface area contributed by atoms with Crippen molar-refractivity contribution in [2.24, 2.45) is 0 Å². The quantitative estimate of drug-likeness (QED) is 0.713. The van der Waals surface area contributed by atoms with Crippen molar-refractivity contribution in [2.45, 2.75) is 13.0 Å². The topological polar surface area (TPSA) is 12.0 Å². The van der Waals surface area contributed by atoms with Crippen LogP contribution >= 0.6 is 0 Å². The minimum absolute atomic E-state index is 0.0880. The van der Waals surface area contributed by atoms with Crippen LogP contribution in [0, 0.1) is 30.9 Å². The van der Waals surface area contributed by atoms with Gasteiger partial charge in [0.25, 0.3) is 0 Å². The maximum atomic E-state index is 13.5. The maximum Gasteiger partial charge on any atom is 0.134 e. The third-order valence-electron chi connectivity index (χ3n) is 2.06. The highest BCUT2D eigenvalue weighted by atomic mass is 19.1. The summed E-state index contributed by atoms with van der Waals surface area (Å²) < 4.78 is 26.8. The molecule has 1 aromatic rings. The van der Waals surface area contributed by atoms with Gasteiger partial charge >= 0.3 is 0 Å². The molecule has 0 saturated carbocycles. The van der Waals surface area contributed by atoms with Gasteiger partial charge in [-0.3, -0.25) is 0 Å². The van der Waals surface area contributed by atoms with Crippen molar-refractivity contribution >= 4 is 0 Å². The van der Waals surface area contributed by atoms with E-state index in [9.17, 15) is 8.78 Å². The molecule has 0 spiro atoms. The van der Waals surface area contributed by atoms with Gasteiger partial charge < -0.3 is 5.32 Å². The molecule has 1 rings (SSSR count). The van der Waals surface area contributed by atoms with Gasteiger partial charge in [-0.2, -0.15) is 0 Å². The number of benzene rings is 1. The van der Waals surface area contributed by atoms with E-state index >= 15 is 0 Å². The van der Waals surface area contributed by atoms with Gasteiger partial charge in [0.2, 0.25) is 0 Å². The average molecular weight is 195 g/mol. The first-order valence-electron chi connectivity index (χ1n) is 4.19. The fourth-order valence-corrected chi connectivity index (χ4v) is 1.25. The average Bonchev–Trinajstić information content (AvgIpc) is 2.19. The lowest BCUT2D eigenvalue weighted by Gasteiger charge is -2.13. The predicted molar refractivity (Wildman–Crippen MR) is 51.7 cm³/mol. The Morgan fingerprint density at radius 3 is 2.57 bits per heavy atom. The zero-order valence-corrected chi connectivity index (χ0v) is 8.07. The van der Waals surface area contributed by atoms with Crippen LogP contribution in [0.2, 0.25) is 0 Å². The van der Waals surface area contributed by atoms with Crippen molar-refractivity contribution in [3.05, 3.63) is 34.9 Å². The normalized spacial score (nSPS) is 12.2. The summed E-state index contributed by atoms with van der Waals surface area (Å²) in [5, 5.41) is 2.66. The minimum atomic E-state index is -0.727. The maximum absolute atomic E-state index is 13.5. The van der Waals surface area contributed by atoms with E-state index in [1.54, 1.807) is 14.0 Å². The van der Waals surface area contributed by atoms with Crippen LogP contribution in [0.15, 0.2) is 12.1 Å². The van der Waals surface area contributed by atoms with Crippen molar-refractivity contribution in [3.8, 4) is 12.3 Å². The number of rotatable bonds is 2. The summed E-state index contributed by atoms with van der Waals surface area (Å²) in [4.78, 5) is 0. The van der Waals surface area contributed by atoms with Gasteiger partial charge in [-0.1, -0.05) is 12.0 Å². The van der Waals surface area contributed by atoms with Gasteiger partial charge in [-0.25, -0.2) is 8.78 Å². The van der Waals surface area contributed by atoms with Gasteiger partial charge in [0.15, 0.2) is 0 Å². The second kappa shape index (κ2) is 4.21. The molecular formula is C11H11F2N. The molecule has 1 N–H and O–H groups in total. The monoisotopic (exact) mass is 195 g/mol. The first kappa shape index (κ1) is 10.7. The molecular weight excluding hydrogens is 184 g/mol. The van der Waals surface area contributed by atoms with Crippen LogP contribution in [-0.4, -0.2) is 7.05 Å². The summed E-state index contributed by atoms with van der Waals surface area (Å²) in [6, 6.07) is 1.88. The second-order valence-corrected chi connectivity index (χ2v) is 2.98. The van der Waals surface area contributed by atoms with Crippen LogP contribution in [0.3, 0.4) is 0 Å². The van der Waals surface area contributed by atoms with E-state index in [1.807, 2.05) is 0 Å². The lowest BCUT2D eigenvalue weighted by molar-refractivity contribution is 0.527. The van der Waals surface area contributed by atoms with Crippen molar-refractivity contribution < 1.29 is 8.78 Å².